The lowest BCUT2D eigenvalue weighted by atomic mass is 9.86. The van der Waals surface area contributed by atoms with Crippen LogP contribution in [-0.4, -0.2) is 61.5 Å². The van der Waals surface area contributed by atoms with Crippen LogP contribution < -0.4 is 11.1 Å². The highest BCUT2D eigenvalue weighted by Gasteiger charge is 2.42. The highest BCUT2D eigenvalue weighted by molar-refractivity contribution is 6.35. The number of nitrogens with zero attached hydrogens (tertiary/aromatic N) is 6. The summed E-state index contributed by atoms with van der Waals surface area (Å²) in [6.45, 7) is 4.38. The maximum atomic E-state index is 13.2. The number of nitrogens with one attached hydrogen (secondary N) is 1. The van der Waals surface area contributed by atoms with Crippen LogP contribution in [-0.2, 0) is 15.1 Å². The Hall–Kier alpha value is -3.57. The first kappa shape index (κ1) is 23.2. The molecular weight excluding hydrogens is 472 g/mol. The zero-order chi connectivity index (χ0) is 24.7. The van der Waals surface area contributed by atoms with Gasteiger partial charge in [-0.25, -0.2) is 4.99 Å². The first-order chi connectivity index (χ1) is 16.8. The van der Waals surface area contributed by atoms with Gasteiger partial charge in [-0.1, -0.05) is 23.7 Å². The molecule has 2 amide bonds. The Morgan fingerprint density at radius 3 is 2.91 bits per heavy atom. The van der Waals surface area contributed by atoms with Crippen LogP contribution in [0.5, 0.6) is 0 Å². The highest BCUT2D eigenvalue weighted by Crippen LogP contribution is 2.41. The summed E-state index contributed by atoms with van der Waals surface area (Å²) in [7, 11) is 0. The number of guanidine groups is 1. The lowest BCUT2D eigenvalue weighted by Gasteiger charge is -2.41. The number of aliphatic imine (C=N–C) groups is 1. The van der Waals surface area contributed by atoms with Crippen molar-refractivity contribution >= 4 is 40.7 Å². The summed E-state index contributed by atoms with van der Waals surface area (Å²) in [6.07, 6.45) is 3.21. The number of tetrazole rings is 1. The molecule has 11 nitrogen and oxygen atoms in total. The largest absolute Gasteiger partial charge is 0.378 e. The van der Waals surface area contributed by atoms with Crippen molar-refractivity contribution in [1.82, 2.24) is 24.9 Å². The molecule has 182 valence electrons. The van der Waals surface area contributed by atoms with E-state index in [1.54, 1.807) is 41.4 Å². The third-order valence-electron chi connectivity index (χ3n) is 6.49. The molecule has 0 aliphatic carbocycles. The minimum Gasteiger partial charge on any atom is -0.378 e. The Morgan fingerprint density at radius 1 is 1.31 bits per heavy atom. The molecule has 2 aliphatic heterocycles. The Labute approximate surface area is 206 Å². The number of fused-ring (bicyclic) bond motifs is 1. The second-order valence-electron chi connectivity index (χ2n) is 9.03. The number of amides is 2. The number of nitrogens with two attached hydrogens (primary N) is 1. The lowest BCUT2D eigenvalue weighted by molar-refractivity contribution is -0.133. The number of rotatable bonds is 4. The number of aromatic nitrogens is 4. The minimum absolute atomic E-state index is 0.0463. The maximum Gasteiger partial charge on any atom is 0.259 e. The predicted octanol–water partition coefficient (Wildman–Crippen LogP) is 2.36. The zero-order valence-electron chi connectivity index (χ0n) is 19.3. The van der Waals surface area contributed by atoms with E-state index in [1.165, 1.54) is 4.52 Å². The van der Waals surface area contributed by atoms with Crippen LogP contribution in [0.1, 0.15) is 49.0 Å². The van der Waals surface area contributed by atoms with Gasteiger partial charge < -0.3 is 15.8 Å². The van der Waals surface area contributed by atoms with E-state index in [-0.39, 0.29) is 35.5 Å². The molecule has 0 unspecified atom stereocenters. The standard InChI is InChI=1S/C23H25ClN8O3/c1-13-11-14(8-10-35-13)32-18(33)12-23(2,27-22(32)25)16-6-3-7-17(19(16)24)26-21(34)15-5-4-9-31-20(15)28-29-30-31/h3-7,9,13-14H,8,10-12H2,1-2H3,(H2,25,27)(H,26,34)/t13-,14-,23+/m1/s1. The molecule has 2 aromatic heterocycles. The highest BCUT2D eigenvalue weighted by atomic mass is 35.5. The minimum atomic E-state index is -0.983. The van der Waals surface area contributed by atoms with Crippen LogP contribution in [0.25, 0.3) is 5.65 Å². The van der Waals surface area contributed by atoms with Crippen molar-refractivity contribution in [3.05, 3.63) is 52.7 Å². The first-order valence-electron chi connectivity index (χ1n) is 11.3. The van der Waals surface area contributed by atoms with Gasteiger partial charge in [-0.3, -0.25) is 14.5 Å². The van der Waals surface area contributed by atoms with Gasteiger partial charge in [0.2, 0.25) is 5.91 Å². The fourth-order valence-electron chi connectivity index (χ4n) is 4.79. The molecule has 3 atom stereocenters. The molecule has 0 spiro atoms. The molecule has 5 rings (SSSR count). The van der Waals surface area contributed by atoms with E-state index in [2.05, 4.69) is 20.8 Å². The summed E-state index contributed by atoms with van der Waals surface area (Å²) in [6, 6.07) is 8.48. The number of ether oxygens (including phenoxy) is 1. The van der Waals surface area contributed by atoms with Crippen molar-refractivity contribution in [2.24, 2.45) is 10.7 Å². The number of pyridine rings is 1. The Kier molecular flexibility index (Phi) is 5.89. The second kappa shape index (κ2) is 8.90. The number of hydrogen-bond donors (Lipinski definition) is 2. The van der Waals surface area contributed by atoms with E-state index >= 15 is 0 Å². The Morgan fingerprint density at radius 2 is 2.14 bits per heavy atom. The molecule has 2 aliphatic rings. The summed E-state index contributed by atoms with van der Waals surface area (Å²) in [5.74, 6) is -0.368. The molecule has 4 heterocycles. The van der Waals surface area contributed by atoms with Crippen molar-refractivity contribution in [2.75, 3.05) is 11.9 Å². The van der Waals surface area contributed by atoms with E-state index in [4.69, 9.17) is 27.1 Å². The maximum absolute atomic E-state index is 13.2. The third-order valence-corrected chi connectivity index (χ3v) is 6.90. The summed E-state index contributed by atoms with van der Waals surface area (Å²) in [5, 5.41) is 14.4. The number of carbonyl (C=O) groups excluding carboxylic acids is 2. The van der Waals surface area contributed by atoms with Crippen molar-refractivity contribution in [2.45, 2.75) is 50.8 Å². The number of halogens is 1. The first-order valence-corrected chi connectivity index (χ1v) is 11.7. The van der Waals surface area contributed by atoms with Crippen molar-refractivity contribution < 1.29 is 14.3 Å². The molecule has 35 heavy (non-hydrogen) atoms. The second-order valence-corrected chi connectivity index (χ2v) is 9.41. The average Bonchev–Trinajstić information content (AvgIpc) is 3.29. The molecule has 0 radical (unpaired) electrons. The molecule has 3 aromatic rings. The van der Waals surface area contributed by atoms with Crippen LogP contribution in [0, 0.1) is 0 Å². The van der Waals surface area contributed by atoms with Crippen molar-refractivity contribution in [1.29, 1.82) is 0 Å². The monoisotopic (exact) mass is 496 g/mol. The van der Waals surface area contributed by atoms with Gasteiger partial charge in [0.1, 0.15) is 0 Å². The van der Waals surface area contributed by atoms with Crippen LogP contribution >= 0.6 is 11.6 Å². The molecule has 12 heteroatoms. The molecule has 1 fully saturated rings. The fourth-order valence-corrected chi connectivity index (χ4v) is 5.16. The molecule has 0 bridgehead atoms. The van der Waals surface area contributed by atoms with Crippen LogP contribution in [0.2, 0.25) is 5.02 Å². The molecule has 0 saturated carbocycles. The van der Waals surface area contributed by atoms with E-state index in [0.717, 1.165) is 0 Å². The van der Waals surface area contributed by atoms with E-state index in [1.807, 2.05) is 13.8 Å². The Balaban J connectivity index is 1.43. The summed E-state index contributed by atoms with van der Waals surface area (Å²) in [5.41, 5.74) is 6.93. The van der Waals surface area contributed by atoms with Crippen molar-refractivity contribution in [3.63, 3.8) is 0 Å². The van der Waals surface area contributed by atoms with Crippen molar-refractivity contribution in [3.8, 4) is 0 Å². The van der Waals surface area contributed by atoms with E-state index in [0.29, 0.717) is 41.9 Å². The number of anilines is 1. The van der Waals surface area contributed by atoms with Gasteiger partial charge in [0.25, 0.3) is 5.91 Å². The van der Waals surface area contributed by atoms with Gasteiger partial charge in [-0.15, -0.1) is 5.10 Å². The van der Waals surface area contributed by atoms with Gasteiger partial charge in [-0.2, -0.15) is 4.52 Å². The van der Waals surface area contributed by atoms with Gasteiger partial charge in [-0.05, 0) is 55.3 Å². The van der Waals surface area contributed by atoms with E-state index in [9.17, 15) is 9.59 Å². The van der Waals surface area contributed by atoms with Crippen LogP contribution in [0.15, 0.2) is 41.5 Å². The number of benzene rings is 1. The third kappa shape index (κ3) is 4.21. The topological polar surface area (TPSA) is 140 Å². The molecule has 1 saturated heterocycles. The average molecular weight is 497 g/mol. The normalized spacial score (nSPS) is 24.9. The summed E-state index contributed by atoms with van der Waals surface area (Å²) in [4.78, 5) is 32.6. The van der Waals surface area contributed by atoms with Gasteiger partial charge in [0, 0.05) is 24.4 Å². The Bertz CT molecular complexity index is 1340. The van der Waals surface area contributed by atoms with Crippen LogP contribution in [0.3, 0.4) is 0 Å². The predicted molar refractivity (Wildman–Crippen MR) is 129 cm³/mol. The van der Waals surface area contributed by atoms with Gasteiger partial charge in [0.05, 0.1) is 34.3 Å². The van der Waals surface area contributed by atoms with Crippen LogP contribution in [0.4, 0.5) is 5.69 Å². The fraction of sp³-hybridized carbons (Fsp3) is 0.391. The van der Waals surface area contributed by atoms with Gasteiger partial charge in [0.15, 0.2) is 11.6 Å². The quantitative estimate of drug-likeness (QED) is 0.564. The smallest absolute Gasteiger partial charge is 0.259 e. The number of hydrogen-bond acceptors (Lipinski definition) is 8. The number of carbonyl (C=O) groups is 2. The molecular formula is C23H25ClN8O3. The zero-order valence-corrected chi connectivity index (χ0v) is 20.1. The van der Waals surface area contributed by atoms with Gasteiger partial charge >= 0.3 is 0 Å². The van der Waals surface area contributed by atoms with E-state index < -0.39 is 11.4 Å². The SMILES string of the molecule is C[C@@H]1C[C@H](N2C(=O)C[C@@](C)(c3cccc(NC(=O)c4cccn5nnnc45)c3Cl)N=C2N)CCO1. The molecule has 3 N–H and O–H groups in total. The summed E-state index contributed by atoms with van der Waals surface area (Å²) < 4.78 is 7.02. The summed E-state index contributed by atoms with van der Waals surface area (Å²) >= 11 is 6.75. The molecule has 1 aromatic carbocycles. The lowest BCUT2D eigenvalue weighted by Crippen LogP contribution is -2.56.